The lowest BCUT2D eigenvalue weighted by molar-refractivity contribution is 0.0993. The molecular formula is C30H22BrFN2O. The van der Waals surface area contributed by atoms with Gasteiger partial charge in [0.25, 0.3) is 5.91 Å². The van der Waals surface area contributed by atoms with Crippen molar-refractivity contribution < 1.29 is 9.18 Å². The molecule has 0 saturated heterocycles. The molecule has 2 heterocycles. The summed E-state index contributed by atoms with van der Waals surface area (Å²) in [6.07, 6.45) is 0. The van der Waals surface area contributed by atoms with Gasteiger partial charge in [0.15, 0.2) is 0 Å². The average Bonchev–Trinajstić information content (AvgIpc) is 3.31. The summed E-state index contributed by atoms with van der Waals surface area (Å²) >= 11 is 3.35. The molecule has 6 rings (SSSR count). The maximum absolute atomic E-state index is 15.3. The van der Waals surface area contributed by atoms with Gasteiger partial charge >= 0.3 is 0 Å². The molecule has 5 heteroatoms. The highest BCUT2D eigenvalue weighted by Crippen LogP contribution is 2.48. The number of carbonyl (C=O) groups is 1. The first-order valence-electron chi connectivity index (χ1n) is 11.5. The largest absolute Gasteiger partial charge is 0.343 e. The smallest absolute Gasteiger partial charge is 0.259 e. The summed E-state index contributed by atoms with van der Waals surface area (Å²) in [5.41, 5.74) is 7.04. The lowest BCUT2D eigenvalue weighted by Crippen LogP contribution is -2.29. The van der Waals surface area contributed by atoms with E-state index in [-0.39, 0.29) is 11.6 Å². The van der Waals surface area contributed by atoms with Gasteiger partial charge in [0.1, 0.15) is 5.82 Å². The first kappa shape index (κ1) is 21.8. The third-order valence-electron chi connectivity index (χ3n) is 6.88. The first-order valence-corrected chi connectivity index (χ1v) is 12.3. The Morgan fingerprint density at radius 2 is 1.60 bits per heavy atom. The van der Waals surface area contributed by atoms with E-state index in [1.807, 2.05) is 43.4 Å². The highest BCUT2D eigenvalue weighted by molar-refractivity contribution is 9.10. The number of fused-ring (bicyclic) bond motifs is 2. The lowest BCUT2D eigenvalue weighted by atomic mass is 9.92. The number of anilines is 1. The Morgan fingerprint density at radius 3 is 2.37 bits per heavy atom. The third-order valence-corrected chi connectivity index (χ3v) is 7.37. The fourth-order valence-corrected chi connectivity index (χ4v) is 5.62. The van der Waals surface area contributed by atoms with Gasteiger partial charge in [0, 0.05) is 33.6 Å². The van der Waals surface area contributed by atoms with Crippen LogP contribution in [0.2, 0.25) is 0 Å². The Balaban J connectivity index is 1.70. The van der Waals surface area contributed by atoms with Crippen LogP contribution in [-0.4, -0.2) is 10.5 Å². The minimum absolute atomic E-state index is 0.199. The lowest BCUT2D eigenvalue weighted by Gasteiger charge is -2.27. The maximum Gasteiger partial charge on any atom is 0.259 e. The molecule has 5 aromatic rings. The summed E-state index contributed by atoms with van der Waals surface area (Å²) in [6.45, 7) is 2.07. The van der Waals surface area contributed by atoms with E-state index in [0.29, 0.717) is 10.0 Å². The Kier molecular flexibility index (Phi) is 5.11. The van der Waals surface area contributed by atoms with E-state index < -0.39 is 11.9 Å². The molecule has 1 atom stereocenters. The number of hydrogen-bond donors (Lipinski definition) is 0. The van der Waals surface area contributed by atoms with Crippen LogP contribution < -0.4 is 4.90 Å². The van der Waals surface area contributed by atoms with Crippen LogP contribution in [0.25, 0.3) is 22.2 Å². The van der Waals surface area contributed by atoms with Gasteiger partial charge in [-0.25, -0.2) is 4.39 Å². The number of amides is 1. The zero-order valence-corrected chi connectivity index (χ0v) is 20.9. The quantitative estimate of drug-likeness (QED) is 0.236. The molecule has 0 saturated carbocycles. The van der Waals surface area contributed by atoms with Crippen LogP contribution in [0.15, 0.2) is 95.5 Å². The molecule has 1 aliphatic heterocycles. The number of carbonyl (C=O) groups excluding carboxylic acids is 1. The normalized spacial score (nSPS) is 15.1. The third kappa shape index (κ3) is 3.34. The van der Waals surface area contributed by atoms with Crippen LogP contribution in [0.4, 0.5) is 10.1 Å². The number of hydrogen-bond acceptors (Lipinski definition) is 1. The van der Waals surface area contributed by atoms with Crippen LogP contribution in [0, 0.1) is 12.7 Å². The molecule has 0 spiro atoms. The highest BCUT2D eigenvalue weighted by atomic mass is 79.9. The number of benzene rings is 4. The molecule has 0 bridgehead atoms. The maximum atomic E-state index is 15.3. The molecule has 0 aliphatic carbocycles. The topological polar surface area (TPSA) is 25.2 Å². The molecule has 4 aromatic carbocycles. The molecule has 1 amide bonds. The average molecular weight is 525 g/mol. The van der Waals surface area contributed by atoms with Gasteiger partial charge < -0.3 is 4.57 Å². The number of para-hydroxylation sites is 1. The van der Waals surface area contributed by atoms with Crippen LogP contribution >= 0.6 is 15.9 Å². The molecule has 3 nitrogen and oxygen atoms in total. The van der Waals surface area contributed by atoms with E-state index in [2.05, 4.69) is 63.8 Å². The van der Waals surface area contributed by atoms with Crippen LogP contribution in [0.5, 0.6) is 0 Å². The number of aryl methyl sites for hydroxylation is 2. The van der Waals surface area contributed by atoms with Crippen molar-refractivity contribution in [3.05, 3.63) is 124 Å². The summed E-state index contributed by atoms with van der Waals surface area (Å²) in [7, 11) is 2.05. The molecule has 0 fully saturated rings. The monoisotopic (exact) mass is 524 g/mol. The molecule has 0 radical (unpaired) electrons. The van der Waals surface area contributed by atoms with Crippen molar-refractivity contribution in [3.8, 4) is 11.3 Å². The second kappa shape index (κ2) is 8.21. The van der Waals surface area contributed by atoms with Crippen molar-refractivity contribution in [2.75, 3.05) is 4.90 Å². The summed E-state index contributed by atoms with van der Waals surface area (Å²) in [5.74, 6) is -0.641. The first-order chi connectivity index (χ1) is 17.0. The van der Waals surface area contributed by atoms with Crippen molar-refractivity contribution >= 4 is 38.4 Å². The van der Waals surface area contributed by atoms with Gasteiger partial charge in [-0.3, -0.25) is 9.69 Å². The summed E-state index contributed by atoms with van der Waals surface area (Å²) in [5, 5.41) is 1.04. The van der Waals surface area contributed by atoms with E-state index >= 15 is 4.39 Å². The van der Waals surface area contributed by atoms with Crippen molar-refractivity contribution in [2.45, 2.75) is 13.0 Å². The van der Waals surface area contributed by atoms with Crippen LogP contribution in [0.1, 0.15) is 33.1 Å². The van der Waals surface area contributed by atoms with Crippen molar-refractivity contribution in [1.82, 2.24) is 4.57 Å². The zero-order valence-electron chi connectivity index (χ0n) is 19.3. The minimum atomic E-state index is -0.475. The van der Waals surface area contributed by atoms with Gasteiger partial charge in [0.05, 0.1) is 17.4 Å². The number of rotatable bonds is 3. The Bertz CT molecular complexity index is 1620. The Morgan fingerprint density at radius 1 is 0.886 bits per heavy atom. The molecule has 35 heavy (non-hydrogen) atoms. The second-order valence-electron chi connectivity index (χ2n) is 8.97. The van der Waals surface area contributed by atoms with E-state index in [4.69, 9.17) is 0 Å². The number of nitrogens with zero attached hydrogens (tertiary/aromatic N) is 2. The van der Waals surface area contributed by atoms with Crippen LogP contribution in [-0.2, 0) is 7.05 Å². The van der Waals surface area contributed by atoms with E-state index in [0.717, 1.165) is 33.3 Å². The Hall–Kier alpha value is -3.70. The summed E-state index contributed by atoms with van der Waals surface area (Å²) in [4.78, 5) is 15.4. The van der Waals surface area contributed by atoms with Crippen molar-refractivity contribution in [1.29, 1.82) is 0 Å². The minimum Gasteiger partial charge on any atom is -0.343 e. The van der Waals surface area contributed by atoms with Crippen molar-refractivity contribution in [2.24, 2.45) is 7.05 Å². The summed E-state index contributed by atoms with van der Waals surface area (Å²) < 4.78 is 18.2. The van der Waals surface area contributed by atoms with E-state index in [1.54, 1.807) is 17.0 Å². The summed E-state index contributed by atoms with van der Waals surface area (Å²) in [6, 6.07) is 28.6. The molecule has 1 aliphatic rings. The van der Waals surface area contributed by atoms with Gasteiger partial charge in [-0.15, -0.1) is 0 Å². The zero-order chi connectivity index (χ0) is 24.3. The fourth-order valence-electron chi connectivity index (χ4n) is 5.29. The number of aromatic nitrogens is 1. The van der Waals surface area contributed by atoms with Gasteiger partial charge in [-0.05, 0) is 48.4 Å². The molecule has 0 N–H and O–H groups in total. The molecule has 172 valence electrons. The van der Waals surface area contributed by atoms with Crippen molar-refractivity contribution in [3.63, 3.8) is 0 Å². The van der Waals surface area contributed by atoms with E-state index in [9.17, 15) is 4.79 Å². The Labute approximate surface area is 211 Å². The van der Waals surface area contributed by atoms with Crippen LogP contribution in [0.3, 0.4) is 0 Å². The predicted octanol–water partition coefficient (Wildman–Crippen LogP) is 7.81. The fraction of sp³-hybridized carbons (Fsp3) is 0.100. The standard InChI is InChI=1S/C30H22BrFN2O/c1-18-11-13-19(14-12-18)28-27(23-9-5-6-10-25(23)33(28)2)29-21-7-3-4-8-22(21)30(35)34(29)26-16-15-20(31)17-24(26)32/h3-17,29H,1-2H3. The SMILES string of the molecule is Cc1ccc(-c2c(C3c4ccccc4C(=O)N3c3ccc(Br)cc3F)c3ccccc3n2C)cc1. The van der Waals surface area contributed by atoms with Gasteiger partial charge in [-0.1, -0.05) is 82.2 Å². The number of halogens is 2. The molecular weight excluding hydrogens is 503 g/mol. The molecule has 1 aromatic heterocycles. The van der Waals surface area contributed by atoms with Gasteiger partial charge in [-0.2, -0.15) is 0 Å². The highest BCUT2D eigenvalue weighted by Gasteiger charge is 2.42. The predicted molar refractivity (Wildman–Crippen MR) is 142 cm³/mol. The van der Waals surface area contributed by atoms with Gasteiger partial charge in [0.2, 0.25) is 0 Å². The second-order valence-corrected chi connectivity index (χ2v) is 9.88. The molecule has 1 unspecified atom stereocenters. The van der Waals surface area contributed by atoms with E-state index in [1.165, 1.54) is 11.6 Å².